The zero-order chi connectivity index (χ0) is 19.2. The molecule has 5 heteroatoms. The standard InChI is InChI=1S/C23H23ClN2O2/c24-20-8-6-19(7-9-20)23-16-26(13-14-27-23)15-18-4-10-22(11-5-18)28-17-21-3-1-2-12-25-21/h1-12,23H,13-17H2. The largest absolute Gasteiger partial charge is 0.487 e. The van der Waals surface area contributed by atoms with Gasteiger partial charge in [0.25, 0.3) is 0 Å². The van der Waals surface area contributed by atoms with Crippen LogP contribution in [0.3, 0.4) is 0 Å². The lowest BCUT2D eigenvalue weighted by molar-refractivity contribution is -0.0329. The Balaban J connectivity index is 1.31. The van der Waals surface area contributed by atoms with E-state index in [0.29, 0.717) is 6.61 Å². The lowest BCUT2D eigenvalue weighted by Gasteiger charge is -2.33. The minimum Gasteiger partial charge on any atom is -0.487 e. The fraction of sp³-hybridized carbons (Fsp3) is 0.261. The van der Waals surface area contributed by atoms with E-state index in [1.807, 2.05) is 54.6 Å². The summed E-state index contributed by atoms with van der Waals surface area (Å²) in [5.41, 5.74) is 3.36. The van der Waals surface area contributed by atoms with Gasteiger partial charge in [-0.3, -0.25) is 9.88 Å². The monoisotopic (exact) mass is 394 g/mol. The van der Waals surface area contributed by atoms with Crippen LogP contribution in [0.1, 0.15) is 22.9 Å². The van der Waals surface area contributed by atoms with Crippen molar-refractivity contribution in [1.29, 1.82) is 0 Å². The molecule has 1 aliphatic heterocycles. The Morgan fingerprint density at radius 3 is 2.61 bits per heavy atom. The number of benzene rings is 2. The van der Waals surface area contributed by atoms with Crippen molar-refractivity contribution >= 4 is 11.6 Å². The first kappa shape index (κ1) is 18.9. The number of ether oxygens (including phenoxy) is 2. The molecule has 1 unspecified atom stereocenters. The van der Waals surface area contributed by atoms with Crippen molar-refractivity contribution in [3.05, 3.63) is 94.8 Å². The van der Waals surface area contributed by atoms with E-state index in [1.54, 1.807) is 6.20 Å². The van der Waals surface area contributed by atoms with E-state index in [4.69, 9.17) is 21.1 Å². The smallest absolute Gasteiger partial charge is 0.130 e. The van der Waals surface area contributed by atoms with Gasteiger partial charge in [-0.25, -0.2) is 0 Å². The molecule has 0 N–H and O–H groups in total. The van der Waals surface area contributed by atoms with Crippen molar-refractivity contribution in [3.63, 3.8) is 0 Å². The number of aromatic nitrogens is 1. The number of rotatable bonds is 6. The molecular formula is C23H23ClN2O2. The van der Waals surface area contributed by atoms with Gasteiger partial charge in [-0.05, 0) is 47.5 Å². The van der Waals surface area contributed by atoms with Gasteiger partial charge in [0.1, 0.15) is 12.4 Å². The molecule has 0 bridgehead atoms. The van der Waals surface area contributed by atoms with Gasteiger partial charge < -0.3 is 9.47 Å². The van der Waals surface area contributed by atoms with Crippen LogP contribution in [0.2, 0.25) is 5.02 Å². The van der Waals surface area contributed by atoms with E-state index in [-0.39, 0.29) is 6.10 Å². The second kappa shape index (κ2) is 9.20. The molecule has 0 radical (unpaired) electrons. The molecule has 0 aliphatic carbocycles. The highest BCUT2D eigenvalue weighted by Gasteiger charge is 2.22. The molecule has 1 fully saturated rings. The Hall–Kier alpha value is -2.40. The third kappa shape index (κ3) is 5.10. The molecule has 1 aromatic heterocycles. The highest BCUT2D eigenvalue weighted by Crippen LogP contribution is 2.25. The van der Waals surface area contributed by atoms with Crippen LogP contribution in [0, 0.1) is 0 Å². The van der Waals surface area contributed by atoms with Crippen molar-refractivity contribution < 1.29 is 9.47 Å². The topological polar surface area (TPSA) is 34.6 Å². The first-order valence-corrected chi connectivity index (χ1v) is 9.85. The molecule has 1 saturated heterocycles. The number of halogens is 1. The van der Waals surface area contributed by atoms with Crippen molar-refractivity contribution in [3.8, 4) is 5.75 Å². The van der Waals surface area contributed by atoms with Crippen molar-refractivity contribution in [2.75, 3.05) is 19.7 Å². The highest BCUT2D eigenvalue weighted by atomic mass is 35.5. The maximum atomic E-state index is 5.99. The molecule has 2 heterocycles. The summed E-state index contributed by atoms with van der Waals surface area (Å²) in [5, 5.41) is 0.752. The summed E-state index contributed by atoms with van der Waals surface area (Å²) >= 11 is 5.99. The summed E-state index contributed by atoms with van der Waals surface area (Å²) in [5.74, 6) is 0.857. The molecule has 4 nitrogen and oxygen atoms in total. The van der Waals surface area contributed by atoms with Crippen LogP contribution in [0.25, 0.3) is 0 Å². The Morgan fingerprint density at radius 1 is 1.04 bits per heavy atom. The summed E-state index contributed by atoms with van der Waals surface area (Å²) in [7, 11) is 0. The predicted molar refractivity (Wildman–Crippen MR) is 110 cm³/mol. The van der Waals surface area contributed by atoms with Crippen LogP contribution in [0.5, 0.6) is 5.75 Å². The van der Waals surface area contributed by atoms with E-state index < -0.39 is 0 Å². The van der Waals surface area contributed by atoms with Crippen LogP contribution in [0.15, 0.2) is 72.9 Å². The normalized spacial score (nSPS) is 17.4. The highest BCUT2D eigenvalue weighted by molar-refractivity contribution is 6.30. The number of hydrogen-bond acceptors (Lipinski definition) is 4. The summed E-state index contributed by atoms with van der Waals surface area (Å²) in [6.07, 6.45) is 1.87. The Kier molecular flexibility index (Phi) is 6.22. The molecule has 0 spiro atoms. The Labute approximate surface area is 170 Å². The van der Waals surface area contributed by atoms with Gasteiger partial charge in [-0.2, -0.15) is 0 Å². The Bertz CT molecular complexity index is 869. The van der Waals surface area contributed by atoms with Crippen LogP contribution < -0.4 is 4.74 Å². The zero-order valence-electron chi connectivity index (χ0n) is 15.6. The molecule has 4 rings (SSSR count). The summed E-state index contributed by atoms with van der Waals surface area (Å²) in [6, 6.07) is 22.1. The SMILES string of the molecule is Clc1ccc(C2CN(Cc3ccc(OCc4ccccn4)cc3)CCO2)cc1. The number of hydrogen-bond donors (Lipinski definition) is 0. The number of pyridine rings is 1. The van der Waals surface area contributed by atoms with Gasteiger partial charge in [-0.1, -0.05) is 41.9 Å². The van der Waals surface area contributed by atoms with Gasteiger partial charge in [-0.15, -0.1) is 0 Å². The fourth-order valence-corrected chi connectivity index (χ4v) is 3.44. The molecule has 0 amide bonds. The van der Waals surface area contributed by atoms with E-state index in [0.717, 1.165) is 42.7 Å². The number of nitrogens with zero attached hydrogens (tertiary/aromatic N) is 2. The van der Waals surface area contributed by atoms with Crippen molar-refractivity contribution in [2.45, 2.75) is 19.3 Å². The predicted octanol–water partition coefficient (Wildman–Crippen LogP) is 4.89. The fourth-order valence-electron chi connectivity index (χ4n) is 3.32. The van der Waals surface area contributed by atoms with Crippen molar-refractivity contribution in [2.24, 2.45) is 0 Å². The Morgan fingerprint density at radius 2 is 1.86 bits per heavy atom. The van der Waals surface area contributed by atoms with Crippen molar-refractivity contribution in [1.82, 2.24) is 9.88 Å². The van der Waals surface area contributed by atoms with E-state index in [2.05, 4.69) is 22.0 Å². The third-order valence-corrected chi connectivity index (χ3v) is 5.09. The average molecular weight is 395 g/mol. The van der Waals surface area contributed by atoms with Crippen LogP contribution in [-0.2, 0) is 17.9 Å². The molecule has 2 aromatic carbocycles. The molecular weight excluding hydrogens is 372 g/mol. The summed E-state index contributed by atoms with van der Waals surface area (Å²) in [4.78, 5) is 6.70. The van der Waals surface area contributed by atoms with E-state index in [1.165, 1.54) is 11.1 Å². The minimum atomic E-state index is 0.0898. The average Bonchev–Trinajstić information content (AvgIpc) is 2.75. The number of morpholine rings is 1. The first-order valence-electron chi connectivity index (χ1n) is 9.47. The minimum absolute atomic E-state index is 0.0898. The second-order valence-corrected chi connectivity index (χ2v) is 7.34. The maximum Gasteiger partial charge on any atom is 0.130 e. The third-order valence-electron chi connectivity index (χ3n) is 4.83. The molecule has 3 aromatic rings. The first-order chi connectivity index (χ1) is 13.8. The maximum absolute atomic E-state index is 5.99. The molecule has 0 saturated carbocycles. The summed E-state index contributed by atoms with van der Waals surface area (Å²) < 4.78 is 11.8. The van der Waals surface area contributed by atoms with Gasteiger partial charge >= 0.3 is 0 Å². The van der Waals surface area contributed by atoms with Gasteiger partial charge in [0.15, 0.2) is 0 Å². The van der Waals surface area contributed by atoms with Crippen LogP contribution in [-0.4, -0.2) is 29.6 Å². The lowest BCUT2D eigenvalue weighted by atomic mass is 10.1. The van der Waals surface area contributed by atoms with Crippen LogP contribution in [0.4, 0.5) is 0 Å². The van der Waals surface area contributed by atoms with Gasteiger partial charge in [0.05, 0.1) is 18.4 Å². The van der Waals surface area contributed by atoms with Crippen LogP contribution >= 0.6 is 11.6 Å². The van der Waals surface area contributed by atoms with Gasteiger partial charge in [0, 0.05) is 30.9 Å². The van der Waals surface area contributed by atoms with E-state index in [9.17, 15) is 0 Å². The molecule has 28 heavy (non-hydrogen) atoms. The lowest BCUT2D eigenvalue weighted by Crippen LogP contribution is -2.37. The quantitative estimate of drug-likeness (QED) is 0.596. The summed E-state index contributed by atoms with van der Waals surface area (Å²) in [6.45, 7) is 3.92. The second-order valence-electron chi connectivity index (χ2n) is 6.90. The zero-order valence-corrected chi connectivity index (χ0v) is 16.4. The molecule has 1 aliphatic rings. The molecule has 144 valence electrons. The van der Waals surface area contributed by atoms with Gasteiger partial charge in [0.2, 0.25) is 0 Å². The molecule has 1 atom stereocenters. The van der Waals surface area contributed by atoms with E-state index >= 15 is 0 Å².